The van der Waals surface area contributed by atoms with E-state index in [9.17, 15) is 9.90 Å². The van der Waals surface area contributed by atoms with E-state index in [-0.39, 0.29) is 17.3 Å². The summed E-state index contributed by atoms with van der Waals surface area (Å²) in [5.74, 6) is 0.375. The number of H-pyrrole nitrogens is 1. The van der Waals surface area contributed by atoms with Gasteiger partial charge in [0.1, 0.15) is 5.75 Å². The van der Waals surface area contributed by atoms with Crippen molar-refractivity contribution in [2.45, 2.75) is 0 Å². The van der Waals surface area contributed by atoms with Crippen molar-refractivity contribution in [3.8, 4) is 5.75 Å². The molecule has 8 heteroatoms. The molecule has 0 saturated carbocycles. The van der Waals surface area contributed by atoms with Crippen LogP contribution < -0.4 is 11.0 Å². The van der Waals surface area contributed by atoms with E-state index >= 15 is 0 Å². The van der Waals surface area contributed by atoms with Gasteiger partial charge in [-0.15, -0.1) is 0 Å². The highest BCUT2D eigenvalue weighted by Gasteiger charge is 2.04. The molecular formula is C11H8Br2N4O2. The maximum absolute atomic E-state index is 11.0. The molecule has 0 fully saturated rings. The van der Waals surface area contributed by atoms with E-state index in [1.165, 1.54) is 18.5 Å². The third kappa shape index (κ3) is 3.65. The molecule has 0 bridgehead atoms. The number of phenolic OH excluding ortho intramolecular Hbond substituents is 1. The molecule has 0 aliphatic carbocycles. The Morgan fingerprint density at radius 3 is 2.68 bits per heavy atom. The number of aromatic hydroxyl groups is 1. The first kappa shape index (κ1) is 13.8. The zero-order valence-electron chi connectivity index (χ0n) is 9.39. The van der Waals surface area contributed by atoms with Gasteiger partial charge in [0, 0.05) is 12.3 Å². The third-order valence-electron chi connectivity index (χ3n) is 2.09. The van der Waals surface area contributed by atoms with E-state index in [1.807, 2.05) is 0 Å². The first-order valence-corrected chi connectivity index (χ1v) is 6.67. The van der Waals surface area contributed by atoms with Gasteiger partial charge in [0.2, 0.25) is 5.95 Å². The standard InChI is InChI=1S/C11H8Br2N4O2/c12-7-3-6(4-8(13)10(7)19)5-15-17-11-14-2-1-9(18)16-11/h1-5,19H,(H2,14,16,17,18)/b15-5+. The second-order valence-electron chi connectivity index (χ2n) is 3.49. The molecule has 1 aromatic heterocycles. The quantitative estimate of drug-likeness (QED) is 0.557. The molecule has 0 amide bonds. The molecule has 0 spiro atoms. The summed E-state index contributed by atoms with van der Waals surface area (Å²) in [6, 6.07) is 4.71. The number of benzene rings is 1. The van der Waals surface area contributed by atoms with Gasteiger partial charge in [0.05, 0.1) is 15.2 Å². The van der Waals surface area contributed by atoms with Crippen molar-refractivity contribution < 1.29 is 5.11 Å². The molecule has 98 valence electrons. The van der Waals surface area contributed by atoms with E-state index < -0.39 is 0 Å². The van der Waals surface area contributed by atoms with Crippen molar-refractivity contribution in [1.82, 2.24) is 9.97 Å². The van der Waals surface area contributed by atoms with E-state index in [2.05, 4.69) is 52.4 Å². The van der Waals surface area contributed by atoms with Crippen LogP contribution in [0.4, 0.5) is 5.95 Å². The summed E-state index contributed by atoms with van der Waals surface area (Å²) in [5, 5.41) is 13.5. The van der Waals surface area contributed by atoms with E-state index in [1.54, 1.807) is 12.1 Å². The number of nitrogens with one attached hydrogen (secondary N) is 2. The lowest BCUT2D eigenvalue weighted by atomic mass is 10.2. The van der Waals surface area contributed by atoms with Gasteiger partial charge in [0.15, 0.2) is 0 Å². The van der Waals surface area contributed by atoms with Gasteiger partial charge in [-0.05, 0) is 49.6 Å². The molecule has 0 saturated heterocycles. The zero-order valence-corrected chi connectivity index (χ0v) is 12.6. The minimum absolute atomic E-state index is 0.124. The zero-order chi connectivity index (χ0) is 13.8. The maximum atomic E-state index is 11.0. The predicted octanol–water partition coefficient (Wildman–Crippen LogP) is 2.45. The molecule has 0 atom stereocenters. The number of anilines is 1. The number of rotatable bonds is 3. The Bertz CT molecular complexity index is 661. The number of aromatic amines is 1. The van der Waals surface area contributed by atoms with Crippen LogP contribution >= 0.6 is 31.9 Å². The Morgan fingerprint density at radius 1 is 1.37 bits per heavy atom. The van der Waals surface area contributed by atoms with Gasteiger partial charge in [-0.3, -0.25) is 9.78 Å². The highest BCUT2D eigenvalue weighted by atomic mass is 79.9. The summed E-state index contributed by atoms with van der Waals surface area (Å²) >= 11 is 6.44. The Balaban J connectivity index is 2.13. The Kier molecular flexibility index (Phi) is 4.33. The van der Waals surface area contributed by atoms with E-state index in [4.69, 9.17) is 0 Å². The molecule has 3 N–H and O–H groups in total. The summed E-state index contributed by atoms with van der Waals surface area (Å²) in [7, 11) is 0. The molecule has 2 aromatic rings. The van der Waals surface area contributed by atoms with Crippen molar-refractivity contribution >= 4 is 44.0 Å². The lowest BCUT2D eigenvalue weighted by molar-refractivity contribution is 0.468. The largest absolute Gasteiger partial charge is 0.506 e. The van der Waals surface area contributed by atoms with E-state index in [0.29, 0.717) is 8.95 Å². The monoisotopic (exact) mass is 386 g/mol. The molecule has 0 aliphatic rings. The van der Waals surface area contributed by atoms with Gasteiger partial charge in [0.25, 0.3) is 5.56 Å². The molecule has 2 rings (SSSR count). The fraction of sp³-hybridized carbons (Fsp3) is 0. The van der Waals surface area contributed by atoms with E-state index in [0.717, 1.165) is 5.56 Å². The van der Waals surface area contributed by atoms with Crippen LogP contribution in [-0.2, 0) is 0 Å². The molecule has 6 nitrogen and oxygen atoms in total. The number of hydrazone groups is 1. The first-order valence-electron chi connectivity index (χ1n) is 5.08. The van der Waals surface area contributed by atoms with Gasteiger partial charge < -0.3 is 5.11 Å². The predicted molar refractivity (Wildman–Crippen MR) is 79.6 cm³/mol. The maximum Gasteiger partial charge on any atom is 0.252 e. The van der Waals surface area contributed by atoms with Crippen LogP contribution in [0.25, 0.3) is 0 Å². The smallest absolute Gasteiger partial charge is 0.252 e. The van der Waals surface area contributed by atoms with Gasteiger partial charge in [-0.1, -0.05) is 0 Å². The minimum atomic E-state index is -0.261. The summed E-state index contributed by atoms with van der Waals surface area (Å²) in [6.07, 6.45) is 2.91. The highest BCUT2D eigenvalue weighted by molar-refractivity contribution is 9.11. The fourth-order valence-electron chi connectivity index (χ4n) is 1.25. The van der Waals surface area contributed by atoms with Gasteiger partial charge >= 0.3 is 0 Å². The lowest BCUT2D eigenvalue weighted by Crippen LogP contribution is -2.07. The van der Waals surface area contributed by atoms with Gasteiger partial charge in [-0.25, -0.2) is 10.4 Å². The normalized spacial score (nSPS) is 10.8. The SMILES string of the molecule is O=c1ccnc(N/N=C/c2cc(Br)c(O)c(Br)c2)[nH]1. The summed E-state index contributed by atoms with van der Waals surface area (Å²) in [5.41, 5.74) is 3.09. The fourth-order valence-corrected chi connectivity index (χ4v) is 2.48. The van der Waals surface area contributed by atoms with Crippen LogP contribution in [0.2, 0.25) is 0 Å². The molecule has 1 heterocycles. The van der Waals surface area contributed by atoms with Crippen LogP contribution in [0.5, 0.6) is 5.75 Å². The van der Waals surface area contributed by atoms with Crippen molar-refractivity contribution in [3.63, 3.8) is 0 Å². The molecule has 1 aromatic carbocycles. The van der Waals surface area contributed by atoms with Crippen molar-refractivity contribution in [2.75, 3.05) is 5.43 Å². The number of hydrogen-bond donors (Lipinski definition) is 3. The number of aromatic nitrogens is 2. The number of nitrogens with zero attached hydrogens (tertiary/aromatic N) is 2. The Morgan fingerprint density at radius 2 is 2.05 bits per heavy atom. The van der Waals surface area contributed by atoms with Crippen LogP contribution in [0, 0.1) is 0 Å². The lowest BCUT2D eigenvalue weighted by Gasteiger charge is -2.02. The molecule has 0 aliphatic heterocycles. The van der Waals surface area contributed by atoms with Crippen LogP contribution in [0.15, 0.2) is 43.2 Å². The van der Waals surface area contributed by atoms with Crippen molar-refractivity contribution in [2.24, 2.45) is 5.10 Å². The van der Waals surface area contributed by atoms with Crippen LogP contribution in [-0.4, -0.2) is 21.3 Å². The Hall–Kier alpha value is -1.67. The van der Waals surface area contributed by atoms with Crippen molar-refractivity contribution in [1.29, 1.82) is 0 Å². The van der Waals surface area contributed by atoms with Crippen molar-refractivity contribution in [3.05, 3.63) is 49.3 Å². The molecule has 0 radical (unpaired) electrons. The van der Waals surface area contributed by atoms with Crippen LogP contribution in [0.3, 0.4) is 0 Å². The average molecular weight is 388 g/mol. The number of phenols is 1. The highest BCUT2D eigenvalue weighted by Crippen LogP contribution is 2.32. The van der Waals surface area contributed by atoms with Crippen LogP contribution in [0.1, 0.15) is 5.56 Å². The second kappa shape index (κ2) is 5.98. The summed E-state index contributed by atoms with van der Waals surface area (Å²) in [6.45, 7) is 0. The average Bonchev–Trinajstić information content (AvgIpc) is 2.36. The molecule has 19 heavy (non-hydrogen) atoms. The first-order chi connectivity index (χ1) is 9.06. The third-order valence-corrected chi connectivity index (χ3v) is 3.30. The summed E-state index contributed by atoms with van der Waals surface area (Å²) in [4.78, 5) is 17.4. The second-order valence-corrected chi connectivity index (χ2v) is 5.19. The molecular weight excluding hydrogens is 380 g/mol. The Labute approximate surface area is 124 Å². The summed E-state index contributed by atoms with van der Waals surface area (Å²) < 4.78 is 1.10. The minimum Gasteiger partial charge on any atom is -0.506 e. The number of hydrogen-bond acceptors (Lipinski definition) is 5. The topological polar surface area (TPSA) is 90.4 Å². The molecule has 0 unspecified atom stereocenters. The number of halogens is 2. The van der Waals surface area contributed by atoms with Gasteiger partial charge in [-0.2, -0.15) is 5.10 Å².